The quantitative estimate of drug-likeness (QED) is 0.221. The van der Waals surface area contributed by atoms with Crippen LogP contribution in [-0.4, -0.2) is 21.5 Å². The Morgan fingerprint density at radius 2 is 1.28 bits per heavy atom. The number of allylic oxidation sites excluding steroid dienone is 1. The first-order valence-corrected chi connectivity index (χ1v) is 18.0. The van der Waals surface area contributed by atoms with Gasteiger partial charge in [-0.3, -0.25) is 4.98 Å². The minimum absolute atomic E-state index is 0.882. The van der Waals surface area contributed by atoms with Crippen LogP contribution < -0.4 is 4.98 Å². The predicted molar refractivity (Wildman–Crippen MR) is 142 cm³/mol. The van der Waals surface area contributed by atoms with Crippen molar-refractivity contribution in [3.05, 3.63) is 114 Å². The van der Waals surface area contributed by atoms with Gasteiger partial charge in [-0.2, -0.15) is 0 Å². The van der Waals surface area contributed by atoms with Gasteiger partial charge in [0.1, 0.15) is 14.0 Å². The zero-order chi connectivity index (χ0) is 23.2. The zero-order valence-corrected chi connectivity index (χ0v) is 22.0. The molecule has 0 fully saturated rings. The standard InChI is InChI=1S/C27H34N2OSi2/c1-31(2,3)29-25(24-19-13-14-20-28-24)21-26(30-32(4,5)6)27(22-15-9-7-10-16-22)23-17-11-8-12-18-23/h7-21,29H,1-6H3/b25-21+. The second kappa shape index (κ2) is 10.1. The molecule has 1 heterocycles. The van der Waals surface area contributed by atoms with Crippen molar-refractivity contribution in [1.82, 2.24) is 9.97 Å². The molecule has 0 spiro atoms. The van der Waals surface area contributed by atoms with Gasteiger partial charge in [-0.25, -0.2) is 0 Å². The number of pyridine rings is 1. The highest BCUT2D eigenvalue weighted by atomic mass is 28.4. The lowest BCUT2D eigenvalue weighted by Gasteiger charge is -2.26. The Bertz CT molecular complexity index is 1020. The number of aromatic nitrogens is 1. The lowest BCUT2D eigenvalue weighted by Crippen LogP contribution is -2.40. The van der Waals surface area contributed by atoms with E-state index < -0.39 is 16.6 Å². The van der Waals surface area contributed by atoms with Crippen LogP contribution in [-0.2, 0) is 4.43 Å². The summed E-state index contributed by atoms with van der Waals surface area (Å²) in [4.78, 5) is 8.43. The summed E-state index contributed by atoms with van der Waals surface area (Å²) >= 11 is 0. The van der Waals surface area contributed by atoms with Gasteiger partial charge in [0.2, 0.25) is 8.32 Å². The van der Waals surface area contributed by atoms with E-state index in [0.29, 0.717) is 0 Å². The second-order valence-electron chi connectivity index (χ2n) is 9.83. The molecule has 3 aromatic rings. The Labute approximate surface area is 195 Å². The molecule has 0 bridgehead atoms. The fourth-order valence-electron chi connectivity index (χ4n) is 3.37. The zero-order valence-electron chi connectivity index (χ0n) is 20.0. The SMILES string of the molecule is C[Si](C)(C)N/C(=C/C(O[Si](C)(C)C)=C(c1ccccc1)c1ccccc1)c1ccccn1. The van der Waals surface area contributed by atoms with Crippen LogP contribution in [0.1, 0.15) is 16.8 Å². The molecular weight excluding hydrogens is 424 g/mol. The van der Waals surface area contributed by atoms with Gasteiger partial charge in [0.25, 0.3) is 0 Å². The van der Waals surface area contributed by atoms with Crippen LogP contribution in [0.3, 0.4) is 0 Å². The van der Waals surface area contributed by atoms with E-state index in [2.05, 4.69) is 110 Å². The molecule has 0 aliphatic rings. The molecule has 0 atom stereocenters. The van der Waals surface area contributed by atoms with Crippen LogP contribution in [0, 0.1) is 0 Å². The molecule has 0 amide bonds. The van der Waals surface area contributed by atoms with Crippen molar-refractivity contribution >= 4 is 27.8 Å². The molecule has 0 aliphatic carbocycles. The van der Waals surface area contributed by atoms with E-state index in [1.165, 1.54) is 0 Å². The third-order valence-electron chi connectivity index (χ3n) is 4.51. The number of hydrogen-bond acceptors (Lipinski definition) is 3. The van der Waals surface area contributed by atoms with Crippen molar-refractivity contribution in [2.24, 2.45) is 0 Å². The lowest BCUT2D eigenvalue weighted by atomic mass is 9.96. The van der Waals surface area contributed by atoms with Crippen LogP contribution in [0.4, 0.5) is 0 Å². The molecule has 2 aromatic carbocycles. The van der Waals surface area contributed by atoms with Gasteiger partial charge in [-0.05, 0) is 42.9 Å². The smallest absolute Gasteiger partial charge is 0.242 e. The summed E-state index contributed by atoms with van der Waals surface area (Å²) < 4.78 is 6.77. The number of nitrogens with one attached hydrogen (secondary N) is 1. The molecule has 0 saturated carbocycles. The highest BCUT2D eigenvalue weighted by molar-refractivity contribution is 6.74. The lowest BCUT2D eigenvalue weighted by molar-refractivity contribution is 0.444. The van der Waals surface area contributed by atoms with Crippen molar-refractivity contribution in [3.8, 4) is 0 Å². The van der Waals surface area contributed by atoms with Gasteiger partial charge in [0.15, 0.2) is 0 Å². The topological polar surface area (TPSA) is 34.1 Å². The first-order chi connectivity index (χ1) is 15.1. The van der Waals surface area contributed by atoms with E-state index in [9.17, 15) is 0 Å². The summed E-state index contributed by atoms with van der Waals surface area (Å²) in [5.74, 6) is 0.882. The van der Waals surface area contributed by atoms with Crippen molar-refractivity contribution < 1.29 is 4.43 Å². The Hall–Kier alpha value is -2.90. The van der Waals surface area contributed by atoms with Gasteiger partial charge in [-0.15, -0.1) is 0 Å². The average Bonchev–Trinajstić information content (AvgIpc) is 2.73. The molecule has 3 rings (SSSR count). The van der Waals surface area contributed by atoms with Gasteiger partial charge in [0, 0.05) is 17.8 Å². The van der Waals surface area contributed by atoms with Gasteiger partial charge in [-0.1, -0.05) is 86.4 Å². The summed E-state index contributed by atoms with van der Waals surface area (Å²) in [6.45, 7) is 13.5. The third-order valence-corrected chi connectivity index (χ3v) is 6.37. The van der Waals surface area contributed by atoms with E-state index in [4.69, 9.17) is 4.43 Å². The fraction of sp³-hybridized carbons (Fsp3) is 0.222. The van der Waals surface area contributed by atoms with E-state index in [1.54, 1.807) is 0 Å². The van der Waals surface area contributed by atoms with Crippen LogP contribution >= 0.6 is 0 Å². The van der Waals surface area contributed by atoms with E-state index >= 15 is 0 Å². The molecule has 1 aromatic heterocycles. The minimum Gasteiger partial charge on any atom is -0.544 e. The molecule has 0 radical (unpaired) electrons. The molecule has 1 N–H and O–H groups in total. The summed E-state index contributed by atoms with van der Waals surface area (Å²) in [5.41, 5.74) is 5.29. The molecule has 0 unspecified atom stereocenters. The molecule has 166 valence electrons. The summed E-state index contributed by atoms with van der Waals surface area (Å²) in [6.07, 6.45) is 4.00. The number of benzene rings is 2. The Morgan fingerprint density at radius 3 is 1.72 bits per heavy atom. The van der Waals surface area contributed by atoms with E-state index in [-0.39, 0.29) is 0 Å². The molecule has 32 heavy (non-hydrogen) atoms. The van der Waals surface area contributed by atoms with Gasteiger partial charge in [0.05, 0.1) is 11.4 Å². The minimum atomic E-state index is -1.91. The Balaban J connectivity index is 2.32. The van der Waals surface area contributed by atoms with Crippen molar-refractivity contribution in [3.63, 3.8) is 0 Å². The largest absolute Gasteiger partial charge is 0.544 e. The van der Waals surface area contributed by atoms with Gasteiger partial charge >= 0.3 is 0 Å². The van der Waals surface area contributed by atoms with E-state index in [1.807, 2.05) is 30.5 Å². The highest BCUT2D eigenvalue weighted by Crippen LogP contribution is 2.31. The summed E-state index contributed by atoms with van der Waals surface area (Å²) in [5, 5.41) is 0. The maximum absolute atomic E-state index is 6.77. The Kier molecular flexibility index (Phi) is 7.54. The maximum atomic E-state index is 6.77. The molecule has 3 nitrogen and oxygen atoms in total. The molecule has 0 aliphatic heterocycles. The highest BCUT2D eigenvalue weighted by Gasteiger charge is 2.23. The van der Waals surface area contributed by atoms with Crippen molar-refractivity contribution in [1.29, 1.82) is 0 Å². The number of hydrogen-bond donors (Lipinski definition) is 1. The monoisotopic (exact) mass is 458 g/mol. The number of rotatable bonds is 8. The molecule has 0 saturated heterocycles. The average molecular weight is 459 g/mol. The van der Waals surface area contributed by atoms with Crippen LogP contribution in [0.2, 0.25) is 39.3 Å². The van der Waals surface area contributed by atoms with Gasteiger partial charge < -0.3 is 9.41 Å². The number of nitrogens with zero attached hydrogens (tertiary/aromatic N) is 1. The van der Waals surface area contributed by atoms with Crippen molar-refractivity contribution in [2.45, 2.75) is 39.3 Å². The first-order valence-electron chi connectivity index (χ1n) is 11.1. The Morgan fingerprint density at radius 1 is 0.750 bits per heavy atom. The maximum Gasteiger partial charge on any atom is 0.242 e. The van der Waals surface area contributed by atoms with Crippen LogP contribution in [0.25, 0.3) is 11.3 Å². The predicted octanol–water partition coefficient (Wildman–Crippen LogP) is 7.16. The first kappa shape index (κ1) is 23.8. The fourth-order valence-corrected chi connectivity index (χ4v) is 5.20. The van der Waals surface area contributed by atoms with E-state index in [0.717, 1.165) is 33.9 Å². The summed E-state index contributed by atoms with van der Waals surface area (Å²) in [6, 6.07) is 27.0. The second-order valence-corrected chi connectivity index (χ2v) is 19.0. The molecule has 5 heteroatoms. The third kappa shape index (κ3) is 7.07. The summed E-state index contributed by atoms with van der Waals surface area (Å²) in [7, 11) is -3.56. The molecular formula is C27H34N2OSi2. The normalized spacial score (nSPS) is 12.2. The van der Waals surface area contributed by atoms with Crippen molar-refractivity contribution in [2.75, 3.05) is 0 Å². The van der Waals surface area contributed by atoms with Crippen LogP contribution in [0.15, 0.2) is 96.9 Å². The van der Waals surface area contributed by atoms with Crippen LogP contribution in [0.5, 0.6) is 0 Å².